The number of carbonyl (C=O) groups is 2. The summed E-state index contributed by atoms with van der Waals surface area (Å²) in [4.78, 5) is 22.9. The zero-order valence-corrected chi connectivity index (χ0v) is 12.3. The van der Waals surface area contributed by atoms with Gasteiger partial charge in [0.15, 0.2) is 0 Å². The first-order valence-electron chi connectivity index (χ1n) is 6.44. The SMILES string of the molecule is COc1cccc(C(C)CC(=O)NC(C)(C)C(=O)O)c1. The van der Waals surface area contributed by atoms with Gasteiger partial charge < -0.3 is 15.2 Å². The molecule has 5 nitrogen and oxygen atoms in total. The molecule has 5 heteroatoms. The van der Waals surface area contributed by atoms with Gasteiger partial charge in [0, 0.05) is 6.42 Å². The molecule has 1 aromatic carbocycles. The van der Waals surface area contributed by atoms with Crippen LogP contribution in [-0.2, 0) is 9.59 Å². The monoisotopic (exact) mass is 279 g/mol. The van der Waals surface area contributed by atoms with Gasteiger partial charge >= 0.3 is 5.97 Å². The van der Waals surface area contributed by atoms with E-state index in [1.165, 1.54) is 13.8 Å². The molecule has 1 rings (SSSR count). The van der Waals surface area contributed by atoms with Crippen LogP contribution >= 0.6 is 0 Å². The Morgan fingerprint density at radius 2 is 2.05 bits per heavy atom. The Hall–Kier alpha value is -2.04. The van der Waals surface area contributed by atoms with Gasteiger partial charge in [0.05, 0.1) is 7.11 Å². The summed E-state index contributed by atoms with van der Waals surface area (Å²) in [7, 11) is 1.59. The van der Waals surface area contributed by atoms with Gasteiger partial charge in [-0.3, -0.25) is 4.79 Å². The van der Waals surface area contributed by atoms with Crippen molar-refractivity contribution in [1.29, 1.82) is 0 Å². The number of carboxylic acid groups (broad SMARTS) is 1. The van der Waals surface area contributed by atoms with Crippen LogP contribution in [0.3, 0.4) is 0 Å². The van der Waals surface area contributed by atoms with Crippen LogP contribution in [0.5, 0.6) is 5.75 Å². The maximum Gasteiger partial charge on any atom is 0.328 e. The van der Waals surface area contributed by atoms with Crippen molar-refractivity contribution in [3.05, 3.63) is 29.8 Å². The van der Waals surface area contributed by atoms with Crippen molar-refractivity contribution in [2.75, 3.05) is 7.11 Å². The van der Waals surface area contributed by atoms with E-state index in [-0.39, 0.29) is 18.2 Å². The summed E-state index contributed by atoms with van der Waals surface area (Å²) in [5.41, 5.74) is -0.279. The van der Waals surface area contributed by atoms with Gasteiger partial charge in [-0.1, -0.05) is 19.1 Å². The van der Waals surface area contributed by atoms with Crippen LogP contribution in [-0.4, -0.2) is 29.6 Å². The third kappa shape index (κ3) is 4.26. The molecule has 0 spiro atoms. The molecule has 2 N–H and O–H groups in total. The van der Waals surface area contributed by atoms with Gasteiger partial charge in [-0.05, 0) is 37.5 Å². The Labute approximate surface area is 118 Å². The molecule has 20 heavy (non-hydrogen) atoms. The summed E-state index contributed by atoms with van der Waals surface area (Å²) in [5.74, 6) is -0.622. The second kappa shape index (κ2) is 6.41. The second-order valence-corrected chi connectivity index (χ2v) is 5.36. The van der Waals surface area contributed by atoms with Gasteiger partial charge in [0.1, 0.15) is 11.3 Å². The highest BCUT2D eigenvalue weighted by atomic mass is 16.5. The number of rotatable bonds is 6. The molecule has 0 aliphatic rings. The van der Waals surface area contributed by atoms with E-state index in [2.05, 4.69) is 5.32 Å². The Balaban J connectivity index is 2.68. The third-order valence-electron chi connectivity index (χ3n) is 3.14. The molecule has 1 unspecified atom stereocenters. The van der Waals surface area contributed by atoms with E-state index in [0.717, 1.165) is 11.3 Å². The molecule has 1 atom stereocenters. The molecule has 0 radical (unpaired) electrons. The van der Waals surface area contributed by atoms with Crippen molar-refractivity contribution >= 4 is 11.9 Å². The molecule has 0 bridgehead atoms. The minimum atomic E-state index is -1.26. The van der Waals surface area contributed by atoms with Crippen molar-refractivity contribution in [2.24, 2.45) is 0 Å². The predicted molar refractivity (Wildman–Crippen MR) is 75.9 cm³/mol. The lowest BCUT2D eigenvalue weighted by Crippen LogP contribution is -2.49. The van der Waals surface area contributed by atoms with Crippen molar-refractivity contribution in [3.8, 4) is 5.75 Å². The molecular formula is C15H21NO4. The number of ether oxygens (including phenoxy) is 1. The first kappa shape index (κ1) is 16.0. The van der Waals surface area contributed by atoms with E-state index in [0.29, 0.717) is 0 Å². The molecule has 0 aliphatic heterocycles. The van der Waals surface area contributed by atoms with Gasteiger partial charge in [0.25, 0.3) is 0 Å². The van der Waals surface area contributed by atoms with Crippen LogP contribution in [0.2, 0.25) is 0 Å². The fourth-order valence-electron chi connectivity index (χ4n) is 1.80. The number of carboxylic acids is 1. The molecule has 0 heterocycles. The Morgan fingerprint density at radius 1 is 1.40 bits per heavy atom. The smallest absolute Gasteiger partial charge is 0.328 e. The van der Waals surface area contributed by atoms with Crippen molar-refractivity contribution < 1.29 is 19.4 Å². The summed E-state index contributed by atoms with van der Waals surface area (Å²) in [6.45, 7) is 4.84. The van der Waals surface area contributed by atoms with Crippen LogP contribution in [0.15, 0.2) is 24.3 Å². The maximum atomic E-state index is 11.9. The summed E-state index contributed by atoms with van der Waals surface area (Å²) < 4.78 is 5.14. The quantitative estimate of drug-likeness (QED) is 0.836. The molecular weight excluding hydrogens is 258 g/mol. The topological polar surface area (TPSA) is 75.6 Å². The van der Waals surface area contributed by atoms with Gasteiger partial charge in [-0.15, -0.1) is 0 Å². The van der Waals surface area contributed by atoms with E-state index in [1.54, 1.807) is 7.11 Å². The average Bonchev–Trinajstić information content (AvgIpc) is 2.37. The Bertz CT molecular complexity index is 496. The van der Waals surface area contributed by atoms with E-state index in [9.17, 15) is 9.59 Å². The summed E-state index contributed by atoms with van der Waals surface area (Å²) >= 11 is 0. The van der Waals surface area contributed by atoms with Crippen LogP contribution < -0.4 is 10.1 Å². The van der Waals surface area contributed by atoms with Crippen molar-refractivity contribution in [2.45, 2.75) is 38.6 Å². The van der Waals surface area contributed by atoms with Crippen LogP contribution in [0.1, 0.15) is 38.7 Å². The number of aliphatic carboxylic acids is 1. The molecule has 1 amide bonds. The fourth-order valence-corrected chi connectivity index (χ4v) is 1.80. The lowest BCUT2D eigenvalue weighted by molar-refractivity contribution is -0.146. The molecule has 0 saturated carbocycles. The zero-order valence-electron chi connectivity index (χ0n) is 12.3. The highest BCUT2D eigenvalue weighted by Gasteiger charge is 2.29. The van der Waals surface area contributed by atoms with Crippen molar-refractivity contribution in [1.82, 2.24) is 5.32 Å². The first-order chi connectivity index (χ1) is 9.26. The maximum absolute atomic E-state index is 11.9. The Kier molecular flexibility index (Phi) is 5.13. The third-order valence-corrected chi connectivity index (χ3v) is 3.14. The van der Waals surface area contributed by atoms with E-state index in [4.69, 9.17) is 9.84 Å². The summed E-state index contributed by atoms with van der Waals surface area (Å²) in [5, 5.41) is 11.5. The predicted octanol–water partition coefficient (Wildman–Crippen LogP) is 2.17. The summed E-state index contributed by atoms with van der Waals surface area (Å²) in [6.07, 6.45) is 0.226. The number of methoxy groups -OCH3 is 1. The normalized spacial score (nSPS) is 12.6. The minimum Gasteiger partial charge on any atom is -0.497 e. The van der Waals surface area contributed by atoms with Gasteiger partial charge in [0.2, 0.25) is 5.91 Å². The van der Waals surface area contributed by atoms with Gasteiger partial charge in [-0.2, -0.15) is 0 Å². The van der Waals surface area contributed by atoms with Crippen LogP contribution in [0, 0.1) is 0 Å². The standard InChI is InChI=1S/C15H21NO4/c1-10(11-6-5-7-12(9-11)20-4)8-13(17)16-15(2,3)14(18)19/h5-7,9-10H,8H2,1-4H3,(H,16,17)(H,18,19). The number of amides is 1. The number of hydrogen-bond donors (Lipinski definition) is 2. The number of nitrogens with one attached hydrogen (secondary N) is 1. The molecule has 1 aromatic rings. The average molecular weight is 279 g/mol. The van der Waals surface area contributed by atoms with Gasteiger partial charge in [-0.25, -0.2) is 4.79 Å². The van der Waals surface area contributed by atoms with Crippen molar-refractivity contribution in [3.63, 3.8) is 0 Å². The number of carbonyl (C=O) groups excluding carboxylic acids is 1. The van der Waals surface area contributed by atoms with E-state index < -0.39 is 11.5 Å². The highest BCUT2D eigenvalue weighted by molar-refractivity contribution is 5.86. The van der Waals surface area contributed by atoms with E-state index in [1.807, 2.05) is 31.2 Å². The highest BCUT2D eigenvalue weighted by Crippen LogP contribution is 2.23. The molecule has 0 aliphatic carbocycles. The lowest BCUT2D eigenvalue weighted by Gasteiger charge is -2.22. The molecule has 0 fully saturated rings. The van der Waals surface area contributed by atoms with Crippen LogP contribution in [0.25, 0.3) is 0 Å². The number of benzene rings is 1. The first-order valence-corrected chi connectivity index (χ1v) is 6.44. The number of hydrogen-bond acceptors (Lipinski definition) is 3. The Morgan fingerprint density at radius 3 is 2.60 bits per heavy atom. The molecule has 0 saturated heterocycles. The zero-order chi connectivity index (χ0) is 15.3. The minimum absolute atomic E-state index is 0.0188. The molecule has 110 valence electrons. The second-order valence-electron chi connectivity index (χ2n) is 5.36. The largest absolute Gasteiger partial charge is 0.497 e. The summed E-state index contributed by atoms with van der Waals surface area (Å²) in [6, 6.07) is 7.50. The van der Waals surface area contributed by atoms with Crippen LogP contribution in [0.4, 0.5) is 0 Å². The lowest BCUT2D eigenvalue weighted by atomic mass is 9.96. The fraction of sp³-hybridized carbons (Fsp3) is 0.467. The molecule has 0 aromatic heterocycles. The van der Waals surface area contributed by atoms with E-state index >= 15 is 0 Å².